The van der Waals surface area contributed by atoms with E-state index in [-0.39, 0.29) is 6.04 Å². The standard InChI is InChI=1S/C15H14N2O2S/c1-18-9-2-3-12-11(8-9)17-15(19-12)14-10-5-7-20-13(10)4-6-16-14/h2-3,5,7-8,14,16H,4,6H2,1H3. The van der Waals surface area contributed by atoms with Crippen molar-refractivity contribution in [3.63, 3.8) is 0 Å². The summed E-state index contributed by atoms with van der Waals surface area (Å²) in [5.74, 6) is 1.53. The molecule has 0 aliphatic carbocycles. The predicted molar refractivity (Wildman–Crippen MR) is 78.4 cm³/mol. The molecule has 3 aromatic rings. The van der Waals surface area contributed by atoms with Gasteiger partial charge in [0.2, 0.25) is 5.89 Å². The first-order valence-corrected chi connectivity index (χ1v) is 7.47. The Bertz CT molecular complexity index is 762. The molecule has 3 heterocycles. The van der Waals surface area contributed by atoms with Gasteiger partial charge in [-0.2, -0.15) is 0 Å². The summed E-state index contributed by atoms with van der Waals surface area (Å²) in [7, 11) is 1.66. The maximum atomic E-state index is 5.91. The van der Waals surface area contributed by atoms with Gasteiger partial charge in [-0.05, 0) is 35.6 Å². The van der Waals surface area contributed by atoms with Crippen LogP contribution < -0.4 is 10.1 Å². The number of aromatic nitrogens is 1. The number of fused-ring (bicyclic) bond motifs is 2. The molecule has 0 amide bonds. The number of thiophene rings is 1. The van der Waals surface area contributed by atoms with E-state index in [0.29, 0.717) is 0 Å². The lowest BCUT2D eigenvalue weighted by Gasteiger charge is -2.21. The van der Waals surface area contributed by atoms with Gasteiger partial charge in [-0.3, -0.25) is 0 Å². The van der Waals surface area contributed by atoms with E-state index in [1.165, 1.54) is 10.4 Å². The summed E-state index contributed by atoms with van der Waals surface area (Å²) in [6, 6.07) is 7.92. The van der Waals surface area contributed by atoms with Gasteiger partial charge in [0.05, 0.1) is 7.11 Å². The summed E-state index contributed by atoms with van der Waals surface area (Å²) in [4.78, 5) is 6.04. The molecule has 0 saturated heterocycles. The van der Waals surface area contributed by atoms with Crippen LogP contribution in [0.4, 0.5) is 0 Å². The smallest absolute Gasteiger partial charge is 0.217 e. The lowest BCUT2D eigenvalue weighted by atomic mass is 10.0. The van der Waals surface area contributed by atoms with E-state index >= 15 is 0 Å². The van der Waals surface area contributed by atoms with Gasteiger partial charge >= 0.3 is 0 Å². The average molecular weight is 286 g/mol. The van der Waals surface area contributed by atoms with Crippen LogP contribution in [0, 0.1) is 0 Å². The van der Waals surface area contributed by atoms with Crippen molar-refractivity contribution < 1.29 is 9.15 Å². The molecular formula is C15H14N2O2S. The largest absolute Gasteiger partial charge is 0.497 e. The Morgan fingerprint density at radius 1 is 1.40 bits per heavy atom. The maximum absolute atomic E-state index is 5.91. The molecule has 0 saturated carbocycles. The highest BCUT2D eigenvalue weighted by Gasteiger charge is 2.26. The number of benzene rings is 1. The molecule has 4 nitrogen and oxygen atoms in total. The summed E-state index contributed by atoms with van der Waals surface area (Å²) in [6.07, 6.45) is 1.08. The van der Waals surface area contributed by atoms with Crippen LogP contribution in [0.15, 0.2) is 34.1 Å². The molecule has 0 spiro atoms. The zero-order valence-corrected chi connectivity index (χ0v) is 11.9. The fourth-order valence-electron chi connectivity index (χ4n) is 2.65. The number of rotatable bonds is 2. The van der Waals surface area contributed by atoms with Crippen LogP contribution in [0.5, 0.6) is 5.75 Å². The molecule has 1 aliphatic rings. The van der Waals surface area contributed by atoms with E-state index in [1.54, 1.807) is 7.11 Å². The number of ether oxygens (including phenoxy) is 1. The van der Waals surface area contributed by atoms with Crippen LogP contribution in [-0.2, 0) is 6.42 Å². The number of oxazole rings is 1. The molecule has 0 fully saturated rings. The fourth-order valence-corrected chi connectivity index (χ4v) is 3.57. The molecular weight excluding hydrogens is 272 g/mol. The van der Waals surface area contributed by atoms with Gasteiger partial charge in [0.1, 0.15) is 17.3 Å². The second-order valence-corrected chi connectivity index (χ2v) is 5.82. The van der Waals surface area contributed by atoms with Crippen LogP contribution in [-0.4, -0.2) is 18.6 Å². The summed E-state index contributed by atoms with van der Waals surface area (Å²) < 4.78 is 11.1. The average Bonchev–Trinajstić information content (AvgIpc) is 3.12. The van der Waals surface area contributed by atoms with E-state index in [9.17, 15) is 0 Å². The molecule has 2 aromatic heterocycles. The Morgan fingerprint density at radius 3 is 3.25 bits per heavy atom. The Kier molecular flexibility index (Phi) is 2.75. The Labute approximate surface area is 120 Å². The predicted octanol–water partition coefficient (Wildman–Crippen LogP) is 3.13. The lowest BCUT2D eigenvalue weighted by molar-refractivity contribution is 0.415. The van der Waals surface area contributed by atoms with Gasteiger partial charge in [-0.1, -0.05) is 0 Å². The van der Waals surface area contributed by atoms with Crippen molar-refractivity contribution in [2.24, 2.45) is 0 Å². The summed E-state index contributed by atoms with van der Waals surface area (Å²) in [5, 5.41) is 5.62. The summed E-state index contributed by atoms with van der Waals surface area (Å²) >= 11 is 1.81. The van der Waals surface area contributed by atoms with Crippen LogP contribution >= 0.6 is 11.3 Å². The minimum Gasteiger partial charge on any atom is -0.497 e. The van der Waals surface area contributed by atoms with Crippen molar-refractivity contribution in [3.05, 3.63) is 46.0 Å². The van der Waals surface area contributed by atoms with Crippen molar-refractivity contribution in [2.75, 3.05) is 13.7 Å². The molecule has 1 atom stereocenters. The molecule has 102 valence electrons. The second-order valence-electron chi connectivity index (χ2n) is 4.82. The van der Waals surface area contributed by atoms with Crippen molar-refractivity contribution >= 4 is 22.4 Å². The number of nitrogens with one attached hydrogen (secondary N) is 1. The van der Waals surface area contributed by atoms with Gasteiger partial charge in [-0.15, -0.1) is 11.3 Å². The number of nitrogens with zero attached hydrogens (tertiary/aromatic N) is 1. The first kappa shape index (κ1) is 11.9. The number of hydrogen-bond acceptors (Lipinski definition) is 5. The number of hydrogen-bond donors (Lipinski definition) is 1. The highest BCUT2D eigenvalue weighted by atomic mass is 32.1. The zero-order valence-electron chi connectivity index (χ0n) is 11.1. The second kappa shape index (κ2) is 4.61. The SMILES string of the molecule is COc1ccc2oc(C3NCCc4sccc43)nc2c1. The Balaban J connectivity index is 1.80. The molecule has 1 aliphatic heterocycles. The molecule has 1 unspecified atom stereocenters. The first-order valence-electron chi connectivity index (χ1n) is 6.59. The zero-order chi connectivity index (χ0) is 13.5. The highest BCUT2D eigenvalue weighted by Crippen LogP contribution is 2.33. The quantitative estimate of drug-likeness (QED) is 0.786. The van der Waals surface area contributed by atoms with Crippen LogP contribution in [0.25, 0.3) is 11.1 Å². The van der Waals surface area contributed by atoms with Gasteiger partial charge in [0, 0.05) is 17.5 Å². The lowest BCUT2D eigenvalue weighted by Crippen LogP contribution is -2.29. The van der Waals surface area contributed by atoms with Gasteiger partial charge in [-0.25, -0.2) is 4.98 Å². The maximum Gasteiger partial charge on any atom is 0.217 e. The Hall–Kier alpha value is -1.85. The molecule has 1 aromatic carbocycles. The van der Waals surface area contributed by atoms with Gasteiger partial charge in [0.15, 0.2) is 5.58 Å². The van der Waals surface area contributed by atoms with Crippen molar-refractivity contribution in [2.45, 2.75) is 12.5 Å². The van der Waals surface area contributed by atoms with Crippen LogP contribution in [0.2, 0.25) is 0 Å². The van der Waals surface area contributed by atoms with Crippen LogP contribution in [0.3, 0.4) is 0 Å². The minimum atomic E-state index is 0.0587. The molecule has 0 bridgehead atoms. The van der Waals surface area contributed by atoms with Crippen molar-refractivity contribution in [3.8, 4) is 5.75 Å². The first-order chi connectivity index (χ1) is 9.85. The molecule has 1 N–H and O–H groups in total. The molecule has 20 heavy (non-hydrogen) atoms. The van der Waals surface area contributed by atoms with Crippen molar-refractivity contribution in [1.82, 2.24) is 10.3 Å². The van der Waals surface area contributed by atoms with Gasteiger partial charge in [0.25, 0.3) is 0 Å². The van der Waals surface area contributed by atoms with Crippen LogP contribution in [0.1, 0.15) is 22.4 Å². The molecule has 5 heteroatoms. The van der Waals surface area contributed by atoms with E-state index < -0.39 is 0 Å². The summed E-state index contributed by atoms with van der Waals surface area (Å²) in [5.41, 5.74) is 2.92. The van der Waals surface area contributed by atoms with E-state index in [0.717, 1.165) is 35.7 Å². The number of methoxy groups -OCH3 is 1. The fraction of sp³-hybridized carbons (Fsp3) is 0.267. The Morgan fingerprint density at radius 2 is 2.35 bits per heavy atom. The van der Waals surface area contributed by atoms with E-state index in [1.807, 2.05) is 29.5 Å². The highest BCUT2D eigenvalue weighted by molar-refractivity contribution is 7.10. The van der Waals surface area contributed by atoms with Gasteiger partial charge < -0.3 is 14.5 Å². The molecule has 0 radical (unpaired) electrons. The summed E-state index contributed by atoms with van der Waals surface area (Å²) in [6.45, 7) is 0.959. The van der Waals surface area contributed by atoms with Crippen molar-refractivity contribution in [1.29, 1.82) is 0 Å². The van der Waals surface area contributed by atoms with E-state index in [4.69, 9.17) is 9.15 Å². The molecule has 4 rings (SSSR count). The third kappa shape index (κ3) is 1.82. The van der Waals surface area contributed by atoms with E-state index in [2.05, 4.69) is 21.7 Å². The third-order valence-corrected chi connectivity index (χ3v) is 4.65. The minimum absolute atomic E-state index is 0.0587. The monoisotopic (exact) mass is 286 g/mol. The normalized spacial score (nSPS) is 18.1. The third-order valence-electron chi connectivity index (χ3n) is 3.65. The topological polar surface area (TPSA) is 47.3 Å².